The molecule has 0 unspecified atom stereocenters. The van der Waals surface area contributed by atoms with Gasteiger partial charge in [0.15, 0.2) is 11.9 Å². The predicted octanol–water partition coefficient (Wildman–Crippen LogP) is 4.28. The first-order chi connectivity index (χ1) is 15.7. The van der Waals surface area contributed by atoms with Crippen LogP contribution in [0.1, 0.15) is 27.2 Å². The minimum Gasteiger partial charge on any atom is -0.444 e. The zero-order valence-electron chi connectivity index (χ0n) is 18.8. The maximum absolute atomic E-state index is 13.4. The summed E-state index contributed by atoms with van der Waals surface area (Å²) in [7, 11) is 0. The number of anilines is 1. The van der Waals surface area contributed by atoms with Crippen LogP contribution >= 0.6 is 0 Å². The number of nitro groups is 1. The van der Waals surface area contributed by atoms with Crippen LogP contribution in [-0.2, 0) is 14.3 Å². The molecule has 1 aromatic rings. The molecule has 2 rings (SSSR count). The summed E-state index contributed by atoms with van der Waals surface area (Å²) in [6, 6.07) is 5.25. The number of amides is 2. The van der Waals surface area contributed by atoms with Gasteiger partial charge >= 0.3 is 12.5 Å². The molecule has 1 fully saturated rings. The zero-order valence-corrected chi connectivity index (χ0v) is 18.8. The Morgan fingerprint density at radius 3 is 2.56 bits per heavy atom. The highest BCUT2D eigenvalue weighted by Gasteiger charge is 2.54. The van der Waals surface area contributed by atoms with Gasteiger partial charge in [-0.3, -0.25) is 14.9 Å². The minimum absolute atomic E-state index is 0.0887. The molecule has 0 aliphatic carbocycles. The van der Waals surface area contributed by atoms with Crippen LogP contribution in [-0.4, -0.2) is 58.8 Å². The van der Waals surface area contributed by atoms with Crippen LogP contribution in [0.25, 0.3) is 0 Å². The van der Waals surface area contributed by atoms with E-state index in [9.17, 15) is 32.9 Å². The number of nitrogens with zero attached hydrogens (tertiary/aromatic N) is 3. The van der Waals surface area contributed by atoms with E-state index in [4.69, 9.17) is 4.74 Å². The summed E-state index contributed by atoms with van der Waals surface area (Å²) in [6.07, 6.45) is -4.25. The quantitative estimate of drug-likeness (QED) is 0.202. The Kier molecular flexibility index (Phi) is 7.90. The molecule has 0 radical (unpaired) electrons. The maximum Gasteiger partial charge on any atom is 0.573 e. The molecule has 0 spiro atoms. The molecule has 0 bridgehead atoms. The van der Waals surface area contributed by atoms with Gasteiger partial charge in [-0.1, -0.05) is 18.2 Å². The summed E-state index contributed by atoms with van der Waals surface area (Å²) in [5.74, 6) is -1.78. The summed E-state index contributed by atoms with van der Waals surface area (Å²) < 4.78 is 46.7. The molecule has 1 aliphatic heterocycles. The highest BCUT2D eigenvalue weighted by Crippen LogP contribution is 2.37. The number of hydrogen-bond donors (Lipinski definition) is 1. The van der Waals surface area contributed by atoms with Crippen molar-refractivity contribution in [2.24, 2.45) is 10.9 Å². The molecule has 13 heteroatoms. The van der Waals surface area contributed by atoms with Crippen LogP contribution in [0.5, 0.6) is 0 Å². The lowest BCUT2D eigenvalue weighted by atomic mass is 9.84. The zero-order chi connectivity index (χ0) is 25.7. The number of alkyl halides is 3. The van der Waals surface area contributed by atoms with Crippen LogP contribution in [0.2, 0.25) is 0 Å². The Balaban J connectivity index is 2.49. The second kappa shape index (κ2) is 10.1. The molecule has 0 aromatic heterocycles. The Bertz CT molecular complexity index is 976. The second-order valence-corrected chi connectivity index (χ2v) is 8.53. The molecule has 186 valence electrons. The van der Waals surface area contributed by atoms with E-state index >= 15 is 0 Å². The lowest BCUT2D eigenvalue weighted by Gasteiger charge is -2.29. The van der Waals surface area contributed by atoms with Crippen LogP contribution in [0.15, 0.2) is 41.9 Å². The fourth-order valence-electron chi connectivity index (χ4n) is 3.45. The van der Waals surface area contributed by atoms with E-state index in [0.717, 1.165) is 11.0 Å². The van der Waals surface area contributed by atoms with Crippen LogP contribution in [0.4, 0.5) is 29.3 Å². The van der Waals surface area contributed by atoms with Gasteiger partial charge in [-0.05, 0) is 33.3 Å². The Labute approximate surface area is 193 Å². The average molecular weight is 486 g/mol. The van der Waals surface area contributed by atoms with E-state index in [-0.39, 0.29) is 25.1 Å². The van der Waals surface area contributed by atoms with E-state index in [2.05, 4.69) is 21.6 Å². The highest BCUT2D eigenvalue weighted by molar-refractivity contribution is 6.01. The number of halogens is 3. The summed E-state index contributed by atoms with van der Waals surface area (Å²) in [4.78, 5) is 41.6. The third-order valence-electron chi connectivity index (χ3n) is 4.86. The normalized spacial score (nSPS) is 20.8. The molecule has 1 aromatic carbocycles. The number of nitro benzene ring substituents is 1. The molecular weight excluding hydrogens is 461 g/mol. The Morgan fingerprint density at radius 2 is 2.00 bits per heavy atom. The van der Waals surface area contributed by atoms with Gasteiger partial charge in [0, 0.05) is 18.5 Å². The number of aliphatic imine (C=N–C) groups is 1. The van der Waals surface area contributed by atoms with E-state index in [1.54, 1.807) is 20.8 Å². The first kappa shape index (κ1) is 26.6. The van der Waals surface area contributed by atoms with Gasteiger partial charge in [-0.2, -0.15) is 0 Å². The lowest BCUT2D eigenvalue weighted by Crippen LogP contribution is -2.49. The van der Waals surface area contributed by atoms with E-state index in [0.29, 0.717) is 0 Å². The molecule has 1 heterocycles. The van der Waals surface area contributed by atoms with Crippen molar-refractivity contribution in [1.29, 1.82) is 0 Å². The molecule has 1 N–H and O–H groups in total. The van der Waals surface area contributed by atoms with Gasteiger partial charge in [0.2, 0.25) is 0 Å². The molecule has 1 aliphatic rings. The van der Waals surface area contributed by atoms with Crippen LogP contribution in [0, 0.1) is 16.0 Å². The van der Waals surface area contributed by atoms with Crippen LogP contribution < -0.4 is 5.32 Å². The smallest absolute Gasteiger partial charge is 0.444 e. The van der Waals surface area contributed by atoms with Crippen molar-refractivity contribution < 1.29 is 37.2 Å². The van der Waals surface area contributed by atoms with Crippen molar-refractivity contribution in [3.05, 3.63) is 47.0 Å². The predicted molar refractivity (Wildman–Crippen MR) is 116 cm³/mol. The number of allylic oxidation sites excluding steroid dienone is 1. The number of ether oxygens (including phenoxy) is 2. The topological polar surface area (TPSA) is 123 Å². The Morgan fingerprint density at radius 1 is 1.35 bits per heavy atom. The fraction of sp³-hybridized carbons (Fsp3) is 0.476. The standard InChI is InChI=1S/C21H25F3N4O6/c1-5-8-14-11-27(18(30)34-19(2,3)4)12-20(14,25-13-33-21(22,23)24)17(29)26-15-9-6-7-10-16(15)28(31)32/h5-7,9-10,13-14H,1,8,11-12H2,2-4H3,(H,26,29)/t14-,20-/m0/s1. The largest absolute Gasteiger partial charge is 0.573 e. The van der Waals surface area contributed by atoms with Crippen molar-refractivity contribution in [3.63, 3.8) is 0 Å². The van der Waals surface area contributed by atoms with Crippen molar-refractivity contribution in [2.75, 3.05) is 18.4 Å². The van der Waals surface area contributed by atoms with Gasteiger partial charge in [-0.25, -0.2) is 9.79 Å². The average Bonchev–Trinajstić information content (AvgIpc) is 3.06. The summed E-state index contributed by atoms with van der Waals surface area (Å²) in [5, 5.41) is 13.7. The lowest BCUT2D eigenvalue weighted by molar-refractivity contribution is -0.383. The molecule has 2 atom stereocenters. The van der Waals surface area contributed by atoms with E-state index < -0.39 is 52.6 Å². The maximum atomic E-state index is 13.4. The van der Waals surface area contributed by atoms with Gasteiger partial charge in [0.25, 0.3) is 11.6 Å². The Hall–Kier alpha value is -3.64. The molecule has 2 amide bonds. The van der Waals surface area contributed by atoms with Gasteiger partial charge in [-0.15, -0.1) is 19.8 Å². The SMILES string of the molecule is C=CC[C@H]1CN(C(=O)OC(C)(C)C)C[C@@]1(N=COC(F)(F)F)C(=O)Nc1ccccc1[N+](=O)[O-]. The van der Waals surface area contributed by atoms with Crippen molar-refractivity contribution in [1.82, 2.24) is 4.90 Å². The number of benzene rings is 1. The van der Waals surface area contributed by atoms with Gasteiger partial charge < -0.3 is 19.7 Å². The van der Waals surface area contributed by atoms with E-state index in [1.807, 2.05) is 0 Å². The van der Waals surface area contributed by atoms with Gasteiger partial charge in [0.1, 0.15) is 11.3 Å². The number of carbonyl (C=O) groups excluding carboxylic acids is 2. The van der Waals surface area contributed by atoms with Gasteiger partial charge in [0.05, 0.1) is 11.5 Å². The summed E-state index contributed by atoms with van der Waals surface area (Å²) in [6.45, 7) is 7.95. The number of likely N-dealkylation sites (tertiary alicyclic amines) is 1. The monoisotopic (exact) mass is 486 g/mol. The van der Waals surface area contributed by atoms with Crippen molar-refractivity contribution >= 4 is 29.8 Å². The summed E-state index contributed by atoms with van der Waals surface area (Å²) >= 11 is 0. The third kappa shape index (κ3) is 6.68. The van der Waals surface area contributed by atoms with E-state index in [1.165, 1.54) is 24.3 Å². The number of carbonyl (C=O) groups is 2. The second-order valence-electron chi connectivity index (χ2n) is 8.53. The number of rotatable bonds is 7. The highest BCUT2D eigenvalue weighted by atomic mass is 19.4. The molecule has 1 saturated heterocycles. The van der Waals surface area contributed by atoms with Crippen LogP contribution in [0.3, 0.4) is 0 Å². The first-order valence-electron chi connectivity index (χ1n) is 10.1. The number of hydrogen-bond acceptors (Lipinski definition) is 7. The summed E-state index contributed by atoms with van der Waals surface area (Å²) in [5.41, 5.74) is -3.45. The first-order valence-corrected chi connectivity index (χ1v) is 10.1. The van der Waals surface area contributed by atoms with Crippen molar-refractivity contribution in [3.8, 4) is 0 Å². The molecule has 10 nitrogen and oxygen atoms in total. The number of nitrogens with one attached hydrogen (secondary N) is 1. The molecular formula is C21H25F3N4O6. The molecule has 0 saturated carbocycles. The minimum atomic E-state index is -5.06. The number of para-hydroxylation sites is 2. The third-order valence-corrected chi connectivity index (χ3v) is 4.86. The van der Waals surface area contributed by atoms with Crippen molar-refractivity contribution in [2.45, 2.75) is 44.7 Å². The molecule has 34 heavy (non-hydrogen) atoms. The fourth-order valence-corrected chi connectivity index (χ4v) is 3.45.